The zero-order chi connectivity index (χ0) is 14.5. The summed E-state index contributed by atoms with van der Waals surface area (Å²) >= 11 is 0. The zero-order valence-corrected chi connectivity index (χ0v) is 11.4. The van der Waals surface area contributed by atoms with Gasteiger partial charge in [-0.25, -0.2) is 4.79 Å². The van der Waals surface area contributed by atoms with Gasteiger partial charge in [-0.2, -0.15) is 0 Å². The highest BCUT2D eigenvalue weighted by Gasteiger charge is 2.37. The fraction of sp³-hybridized carbons (Fsp3) is 0.818. The van der Waals surface area contributed by atoms with Gasteiger partial charge in [-0.3, -0.25) is 13.9 Å². The van der Waals surface area contributed by atoms with E-state index in [1.54, 1.807) is 0 Å². The van der Waals surface area contributed by atoms with E-state index in [9.17, 15) is 19.0 Å². The molecule has 0 aromatic carbocycles. The van der Waals surface area contributed by atoms with Crippen LogP contribution in [0, 0.1) is 0 Å². The molecule has 2 atom stereocenters. The number of hydrogen-bond acceptors (Lipinski definition) is 4. The van der Waals surface area contributed by atoms with Crippen LogP contribution >= 0.6 is 7.60 Å². The quantitative estimate of drug-likeness (QED) is 0.612. The Morgan fingerprint density at radius 2 is 1.79 bits per heavy atom. The van der Waals surface area contributed by atoms with Gasteiger partial charge in [-0.05, 0) is 19.3 Å². The Bertz CT molecular complexity index is 375. The molecule has 1 saturated carbocycles. The van der Waals surface area contributed by atoms with Crippen LogP contribution in [-0.4, -0.2) is 38.8 Å². The van der Waals surface area contributed by atoms with Gasteiger partial charge in [-0.1, -0.05) is 19.3 Å². The van der Waals surface area contributed by atoms with E-state index in [0.717, 1.165) is 19.3 Å². The number of carboxylic acid groups (broad SMARTS) is 2. The summed E-state index contributed by atoms with van der Waals surface area (Å²) in [6.45, 7) is 0. The van der Waals surface area contributed by atoms with Crippen molar-refractivity contribution in [1.29, 1.82) is 0 Å². The van der Waals surface area contributed by atoms with E-state index in [-0.39, 0.29) is 6.42 Å². The minimum atomic E-state index is -4.01. The molecule has 1 rings (SSSR count). The molecule has 0 amide bonds. The van der Waals surface area contributed by atoms with Gasteiger partial charge in [0.1, 0.15) is 0 Å². The Labute approximate surface area is 111 Å². The predicted octanol–water partition coefficient (Wildman–Crippen LogP) is 1.84. The number of carboxylic acids is 2. The molecular formula is C11H19O7P. The molecule has 0 radical (unpaired) electrons. The molecule has 0 aromatic heterocycles. The lowest BCUT2D eigenvalue weighted by Crippen LogP contribution is -2.26. The summed E-state index contributed by atoms with van der Waals surface area (Å²) < 4.78 is 16.9. The maximum Gasteiger partial charge on any atom is 0.333 e. The van der Waals surface area contributed by atoms with Crippen LogP contribution < -0.4 is 0 Å². The Morgan fingerprint density at radius 3 is 2.26 bits per heavy atom. The van der Waals surface area contributed by atoms with Crippen molar-refractivity contribution in [2.45, 2.75) is 56.7 Å². The predicted molar refractivity (Wildman–Crippen MR) is 66.1 cm³/mol. The van der Waals surface area contributed by atoms with Crippen LogP contribution in [0.25, 0.3) is 0 Å². The van der Waals surface area contributed by atoms with Crippen LogP contribution in [0.15, 0.2) is 0 Å². The Morgan fingerprint density at radius 1 is 1.21 bits per heavy atom. The van der Waals surface area contributed by atoms with E-state index in [2.05, 4.69) is 0 Å². The molecule has 7 nitrogen and oxygen atoms in total. The van der Waals surface area contributed by atoms with Crippen molar-refractivity contribution in [1.82, 2.24) is 0 Å². The molecule has 1 aliphatic rings. The SMILES string of the molecule is O=C(O)CCC(OP(=O)(O)C1CCCCC1)C(=O)O. The van der Waals surface area contributed by atoms with Crippen LogP contribution in [0.3, 0.4) is 0 Å². The lowest BCUT2D eigenvalue weighted by molar-refractivity contribution is -0.146. The average molecular weight is 294 g/mol. The molecule has 110 valence electrons. The summed E-state index contributed by atoms with van der Waals surface area (Å²) in [7, 11) is -4.01. The smallest absolute Gasteiger partial charge is 0.333 e. The summed E-state index contributed by atoms with van der Waals surface area (Å²) in [5.74, 6) is -2.58. The highest BCUT2D eigenvalue weighted by atomic mass is 31.2. The first-order valence-electron chi connectivity index (χ1n) is 6.28. The summed E-state index contributed by atoms with van der Waals surface area (Å²) in [6.07, 6.45) is 1.45. The van der Waals surface area contributed by atoms with Gasteiger partial charge >= 0.3 is 19.5 Å². The molecule has 1 aliphatic carbocycles. The molecule has 2 unspecified atom stereocenters. The van der Waals surface area contributed by atoms with E-state index in [0.29, 0.717) is 12.8 Å². The lowest BCUT2D eigenvalue weighted by atomic mass is 10.0. The molecule has 19 heavy (non-hydrogen) atoms. The van der Waals surface area contributed by atoms with Crippen molar-refractivity contribution < 1.29 is 33.8 Å². The minimum absolute atomic E-state index is 0.318. The monoisotopic (exact) mass is 294 g/mol. The highest BCUT2D eigenvalue weighted by Crippen LogP contribution is 2.54. The molecule has 0 aromatic rings. The Hall–Kier alpha value is -0.910. The zero-order valence-electron chi connectivity index (χ0n) is 10.5. The molecule has 0 heterocycles. The van der Waals surface area contributed by atoms with E-state index in [1.807, 2.05) is 0 Å². The second-order valence-corrected chi connectivity index (χ2v) is 6.79. The molecule has 0 aliphatic heterocycles. The normalized spacial score (nSPS) is 21.5. The molecule has 0 spiro atoms. The van der Waals surface area contributed by atoms with Crippen molar-refractivity contribution in [2.24, 2.45) is 0 Å². The van der Waals surface area contributed by atoms with Crippen molar-refractivity contribution >= 4 is 19.5 Å². The van der Waals surface area contributed by atoms with Crippen molar-refractivity contribution in [2.75, 3.05) is 0 Å². The van der Waals surface area contributed by atoms with Crippen LogP contribution in [0.5, 0.6) is 0 Å². The number of rotatable bonds is 7. The number of carbonyl (C=O) groups is 2. The van der Waals surface area contributed by atoms with Gasteiger partial charge in [0, 0.05) is 6.42 Å². The minimum Gasteiger partial charge on any atom is -0.481 e. The van der Waals surface area contributed by atoms with Crippen molar-refractivity contribution in [3.8, 4) is 0 Å². The summed E-state index contributed by atoms with van der Waals surface area (Å²) in [5.41, 5.74) is -0.534. The average Bonchev–Trinajstić information content (AvgIpc) is 2.35. The second-order valence-electron chi connectivity index (χ2n) is 4.72. The highest BCUT2D eigenvalue weighted by molar-refractivity contribution is 7.53. The summed E-state index contributed by atoms with van der Waals surface area (Å²) in [4.78, 5) is 31.2. The largest absolute Gasteiger partial charge is 0.481 e. The Balaban J connectivity index is 2.62. The van der Waals surface area contributed by atoms with Crippen molar-refractivity contribution in [3.05, 3.63) is 0 Å². The van der Waals surface area contributed by atoms with E-state index >= 15 is 0 Å². The molecular weight excluding hydrogens is 275 g/mol. The Kier molecular flexibility index (Phi) is 5.97. The van der Waals surface area contributed by atoms with Crippen molar-refractivity contribution in [3.63, 3.8) is 0 Å². The number of aliphatic carboxylic acids is 2. The van der Waals surface area contributed by atoms with Gasteiger partial charge < -0.3 is 15.1 Å². The first-order valence-corrected chi connectivity index (χ1v) is 7.93. The molecule has 0 bridgehead atoms. The fourth-order valence-electron chi connectivity index (χ4n) is 2.15. The second kappa shape index (κ2) is 7.03. The molecule has 8 heteroatoms. The molecule has 1 fully saturated rings. The van der Waals surface area contributed by atoms with Crippen LogP contribution in [0.2, 0.25) is 0 Å². The maximum atomic E-state index is 12.1. The van der Waals surface area contributed by atoms with Crippen LogP contribution in [-0.2, 0) is 18.7 Å². The maximum absolute atomic E-state index is 12.1. The van der Waals surface area contributed by atoms with Gasteiger partial charge in [-0.15, -0.1) is 0 Å². The van der Waals surface area contributed by atoms with Gasteiger partial charge in [0.25, 0.3) is 0 Å². The standard InChI is InChI=1S/C11H19O7P/c12-10(13)7-6-9(11(14)15)18-19(16,17)8-4-2-1-3-5-8/h8-9H,1-7H2,(H,12,13)(H,14,15)(H,16,17). The first kappa shape index (κ1) is 16.1. The lowest BCUT2D eigenvalue weighted by Gasteiger charge is -2.27. The topological polar surface area (TPSA) is 121 Å². The third kappa shape index (κ3) is 5.30. The van der Waals surface area contributed by atoms with E-state index < -0.39 is 37.7 Å². The molecule has 3 N–H and O–H groups in total. The van der Waals surface area contributed by atoms with Gasteiger partial charge in [0.2, 0.25) is 0 Å². The van der Waals surface area contributed by atoms with Crippen LogP contribution in [0.1, 0.15) is 44.9 Å². The van der Waals surface area contributed by atoms with Gasteiger partial charge in [0.05, 0.1) is 5.66 Å². The third-order valence-corrected chi connectivity index (χ3v) is 5.21. The summed E-state index contributed by atoms with van der Waals surface area (Å²) in [5, 5.41) is 17.4. The van der Waals surface area contributed by atoms with Crippen LogP contribution in [0.4, 0.5) is 0 Å². The van der Waals surface area contributed by atoms with E-state index in [1.165, 1.54) is 0 Å². The number of hydrogen-bond donors (Lipinski definition) is 3. The third-order valence-electron chi connectivity index (χ3n) is 3.21. The van der Waals surface area contributed by atoms with E-state index in [4.69, 9.17) is 14.7 Å². The molecule has 0 saturated heterocycles. The first-order chi connectivity index (χ1) is 8.83. The fourth-order valence-corrected chi connectivity index (χ4v) is 3.90. The summed E-state index contributed by atoms with van der Waals surface area (Å²) in [6, 6.07) is 0. The van der Waals surface area contributed by atoms with Gasteiger partial charge in [0.15, 0.2) is 6.10 Å².